The minimum atomic E-state index is 0.955. The number of nitrogens with zero attached hydrogens (tertiary/aromatic N) is 4. The van der Waals surface area contributed by atoms with Crippen molar-refractivity contribution < 1.29 is 0 Å². The van der Waals surface area contributed by atoms with Gasteiger partial charge in [-0.05, 0) is 60.4 Å². The number of rotatable bonds is 2. The van der Waals surface area contributed by atoms with Gasteiger partial charge in [0.05, 0.1) is 11.7 Å². The smallest absolute Gasteiger partial charge is 0.113 e. The third kappa shape index (κ3) is 2.21. The summed E-state index contributed by atoms with van der Waals surface area (Å²) in [6.07, 6.45) is 7.25. The van der Waals surface area contributed by atoms with Crippen LogP contribution in [0.2, 0.25) is 0 Å². The van der Waals surface area contributed by atoms with Gasteiger partial charge in [0.15, 0.2) is 0 Å². The SMILES string of the molecule is Cc1c(C)c(-c2ccncc2)c2nsnc2c1-c1ccncc1. The second-order valence-electron chi connectivity index (χ2n) is 5.43. The van der Waals surface area contributed by atoms with Crippen LogP contribution in [0.15, 0.2) is 49.1 Å². The highest BCUT2D eigenvalue weighted by atomic mass is 32.1. The zero-order chi connectivity index (χ0) is 15.8. The molecule has 112 valence electrons. The van der Waals surface area contributed by atoms with Crippen LogP contribution in [0.25, 0.3) is 33.3 Å². The molecule has 0 aliphatic carbocycles. The monoisotopic (exact) mass is 318 g/mol. The van der Waals surface area contributed by atoms with E-state index >= 15 is 0 Å². The van der Waals surface area contributed by atoms with Crippen LogP contribution in [0.5, 0.6) is 0 Å². The molecule has 0 atom stereocenters. The second-order valence-corrected chi connectivity index (χ2v) is 5.96. The van der Waals surface area contributed by atoms with E-state index in [1.54, 1.807) is 0 Å². The fourth-order valence-corrected chi connectivity index (χ4v) is 3.55. The Morgan fingerprint density at radius 3 is 1.43 bits per heavy atom. The molecule has 0 aliphatic rings. The molecule has 1 aromatic carbocycles. The van der Waals surface area contributed by atoms with Crippen LogP contribution in [0.1, 0.15) is 11.1 Å². The molecule has 5 heteroatoms. The summed E-state index contributed by atoms with van der Waals surface area (Å²) in [5.74, 6) is 0. The van der Waals surface area contributed by atoms with Crippen LogP contribution in [0, 0.1) is 13.8 Å². The Balaban J connectivity index is 2.10. The third-order valence-corrected chi connectivity index (χ3v) is 4.74. The van der Waals surface area contributed by atoms with Crippen LogP contribution in [0.4, 0.5) is 0 Å². The molecule has 0 spiro atoms. The first-order chi connectivity index (χ1) is 11.3. The molecule has 0 amide bonds. The van der Waals surface area contributed by atoms with Crippen LogP contribution >= 0.6 is 11.7 Å². The quantitative estimate of drug-likeness (QED) is 0.548. The topological polar surface area (TPSA) is 51.6 Å². The predicted molar refractivity (Wildman–Crippen MR) is 93.4 cm³/mol. The summed E-state index contributed by atoms with van der Waals surface area (Å²) >= 11 is 1.26. The lowest BCUT2D eigenvalue weighted by Gasteiger charge is -2.15. The maximum Gasteiger partial charge on any atom is 0.113 e. The molecule has 4 aromatic rings. The lowest BCUT2D eigenvalue weighted by Crippen LogP contribution is -1.95. The average Bonchev–Trinajstić information content (AvgIpc) is 3.06. The zero-order valence-corrected chi connectivity index (χ0v) is 13.6. The molecule has 0 bridgehead atoms. The van der Waals surface area contributed by atoms with Crippen molar-refractivity contribution in [2.45, 2.75) is 13.8 Å². The van der Waals surface area contributed by atoms with E-state index in [0.717, 1.165) is 33.3 Å². The van der Waals surface area contributed by atoms with Crippen molar-refractivity contribution in [1.82, 2.24) is 18.7 Å². The van der Waals surface area contributed by atoms with Crippen molar-refractivity contribution in [3.05, 3.63) is 60.2 Å². The molecular weight excluding hydrogens is 304 g/mol. The van der Waals surface area contributed by atoms with Gasteiger partial charge in [-0.1, -0.05) is 0 Å². The third-order valence-electron chi connectivity index (χ3n) is 4.21. The normalized spacial score (nSPS) is 11.0. The van der Waals surface area contributed by atoms with Gasteiger partial charge in [0.25, 0.3) is 0 Å². The first-order valence-electron chi connectivity index (χ1n) is 7.33. The lowest BCUT2D eigenvalue weighted by atomic mass is 9.89. The number of hydrogen-bond acceptors (Lipinski definition) is 5. The molecule has 4 rings (SSSR count). The Hall–Kier alpha value is -2.66. The van der Waals surface area contributed by atoms with Crippen LogP contribution in [0.3, 0.4) is 0 Å². The molecule has 4 nitrogen and oxygen atoms in total. The number of aromatic nitrogens is 4. The van der Waals surface area contributed by atoms with Crippen molar-refractivity contribution in [2.75, 3.05) is 0 Å². The van der Waals surface area contributed by atoms with Gasteiger partial charge in [-0.3, -0.25) is 9.97 Å². The van der Waals surface area contributed by atoms with E-state index in [1.807, 2.05) is 49.1 Å². The first kappa shape index (κ1) is 14.0. The van der Waals surface area contributed by atoms with E-state index in [9.17, 15) is 0 Å². The largest absolute Gasteiger partial charge is 0.265 e. The van der Waals surface area contributed by atoms with Crippen LogP contribution < -0.4 is 0 Å². The Labute approximate surface area is 138 Å². The fourth-order valence-electron chi connectivity index (χ4n) is 2.99. The van der Waals surface area contributed by atoms with Gasteiger partial charge in [-0.2, -0.15) is 8.75 Å². The maximum absolute atomic E-state index is 4.58. The highest BCUT2D eigenvalue weighted by molar-refractivity contribution is 7.00. The molecule has 0 aliphatic heterocycles. The Morgan fingerprint density at radius 1 is 0.652 bits per heavy atom. The number of pyridine rings is 2. The average molecular weight is 318 g/mol. The van der Waals surface area contributed by atoms with Gasteiger partial charge in [-0.25, -0.2) is 0 Å². The molecule has 0 N–H and O–H groups in total. The number of hydrogen-bond donors (Lipinski definition) is 0. The second kappa shape index (κ2) is 5.52. The summed E-state index contributed by atoms with van der Waals surface area (Å²) in [5, 5.41) is 0. The molecule has 3 heterocycles. The fraction of sp³-hybridized carbons (Fsp3) is 0.111. The van der Waals surface area contributed by atoms with E-state index in [1.165, 1.54) is 22.9 Å². The summed E-state index contributed by atoms with van der Waals surface area (Å²) < 4.78 is 9.16. The maximum atomic E-state index is 4.58. The van der Waals surface area contributed by atoms with Gasteiger partial charge in [0.1, 0.15) is 11.0 Å². The number of benzene rings is 1. The van der Waals surface area contributed by atoms with E-state index < -0.39 is 0 Å². The first-order valence-corrected chi connectivity index (χ1v) is 8.06. The van der Waals surface area contributed by atoms with Gasteiger partial charge in [0.2, 0.25) is 0 Å². The summed E-state index contributed by atoms with van der Waals surface area (Å²) in [7, 11) is 0. The summed E-state index contributed by atoms with van der Waals surface area (Å²) in [5.41, 5.74) is 8.90. The molecule has 0 saturated heterocycles. The van der Waals surface area contributed by atoms with Crippen molar-refractivity contribution in [2.24, 2.45) is 0 Å². The Kier molecular flexibility index (Phi) is 3.35. The highest BCUT2D eigenvalue weighted by Gasteiger charge is 2.19. The minimum Gasteiger partial charge on any atom is -0.265 e. The van der Waals surface area contributed by atoms with Crippen molar-refractivity contribution in [3.8, 4) is 22.3 Å². The van der Waals surface area contributed by atoms with Crippen molar-refractivity contribution >= 4 is 22.8 Å². The molecule has 0 radical (unpaired) electrons. The van der Waals surface area contributed by atoms with E-state index in [-0.39, 0.29) is 0 Å². The summed E-state index contributed by atoms with van der Waals surface area (Å²) in [4.78, 5) is 8.23. The molecule has 0 fully saturated rings. The van der Waals surface area contributed by atoms with Gasteiger partial charge < -0.3 is 0 Å². The lowest BCUT2D eigenvalue weighted by molar-refractivity contribution is 1.30. The summed E-state index contributed by atoms with van der Waals surface area (Å²) in [6, 6.07) is 8.08. The summed E-state index contributed by atoms with van der Waals surface area (Å²) in [6.45, 7) is 4.29. The van der Waals surface area contributed by atoms with E-state index in [4.69, 9.17) is 0 Å². The standard InChI is InChI=1S/C18H14N4S/c1-11-12(2)16(14-5-9-20-10-6-14)18-17(21-23-22-18)15(11)13-3-7-19-8-4-13/h3-10H,1-2H3. The van der Waals surface area contributed by atoms with Crippen molar-refractivity contribution in [3.63, 3.8) is 0 Å². The van der Waals surface area contributed by atoms with Crippen LogP contribution in [-0.2, 0) is 0 Å². The van der Waals surface area contributed by atoms with Crippen LogP contribution in [-0.4, -0.2) is 18.7 Å². The number of fused-ring (bicyclic) bond motifs is 1. The molecular formula is C18H14N4S. The highest BCUT2D eigenvalue weighted by Crippen LogP contribution is 2.39. The molecule has 3 aromatic heterocycles. The van der Waals surface area contributed by atoms with E-state index in [2.05, 4.69) is 32.6 Å². The minimum absolute atomic E-state index is 0.955. The Morgan fingerprint density at radius 2 is 1.04 bits per heavy atom. The molecule has 0 unspecified atom stereocenters. The van der Waals surface area contributed by atoms with Gasteiger partial charge in [-0.15, -0.1) is 0 Å². The van der Waals surface area contributed by atoms with E-state index in [0.29, 0.717) is 0 Å². The zero-order valence-electron chi connectivity index (χ0n) is 12.8. The Bertz CT molecular complexity index is 899. The van der Waals surface area contributed by atoms with Crippen molar-refractivity contribution in [1.29, 1.82) is 0 Å². The predicted octanol–water partition coefficient (Wildman–Crippen LogP) is 4.43. The molecule has 23 heavy (non-hydrogen) atoms. The molecule has 0 saturated carbocycles. The van der Waals surface area contributed by atoms with Gasteiger partial charge in [0, 0.05) is 35.9 Å². The van der Waals surface area contributed by atoms with Gasteiger partial charge >= 0.3 is 0 Å².